The summed E-state index contributed by atoms with van der Waals surface area (Å²) in [5.74, 6) is 0.0804. The molecule has 114 valence electrons. The Hall–Kier alpha value is -2.11. The van der Waals surface area contributed by atoms with E-state index in [0.717, 1.165) is 11.8 Å². The van der Waals surface area contributed by atoms with Gasteiger partial charge in [-0.15, -0.1) is 0 Å². The number of halogens is 1. The Labute approximate surface area is 134 Å². The Kier molecular flexibility index (Phi) is 5.00. The fourth-order valence-corrected chi connectivity index (χ4v) is 2.28. The van der Waals surface area contributed by atoms with Crippen LogP contribution in [0.2, 0.25) is 5.02 Å². The molecular weight excluding hydrogens is 324 g/mol. The van der Waals surface area contributed by atoms with E-state index >= 15 is 0 Å². The van der Waals surface area contributed by atoms with Crippen molar-refractivity contribution in [1.82, 2.24) is 0 Å². The summed E-state index contributed by atoms with van der Waals surface area (Å²) in [7, 11) is -3.54. The molecule has 0 bridgehead atoms. The summed E-state index contributed by atoms with van der Waals surface area (Å²) in [5.41, 5.74) is 1.29. The Morgan fingerprint density at radius 1 is 1.05 bits per heavy atom. The van der Waals surface area contributed by atoms with Crippen LogP contribution < -0.4 is 4.18 Å². The molecule has 0 heterocycles. The van der Waals surface area contributed by atoms with Gasteiger partial charge in [-0.1, -0.05) is 29.8 Å². The van der Waals surface area contributed by atoms with Gasteiger partial charge in [0.1, 0.15) is 5.75 Å². The number of carbonyl (C=O) groups is 1. The van der Waals surface area contributed by atoms with Crippen molar-refractivity contribution in [3.05, 3.63) is 70.8 Å². The van der Waals surface area contributed by atoms with Gasteiger partial charge in [-0.3, -0.25) is 4.79 Å². The van der Waals surface area contributed by atoms with E-state index in [9.17, 15) is 13.2 Å². The summed E-state index contributed by atoms with van der Waals surface area (Å²) >= 11 is 5.77. The smallest absolute Gasteiger partial charge is 0.306 e. The van der Waals surface area contributed by atoms with E-state index in [2.05, 4.69) is 0 Å². The first-order valence-electron chi connectivity index (χ1n) is 6.31. The number of benzene rings is 2. The minimum absolute atomic E-state index is 0.145. The zero-order chi connectivity index (χ0) is 16.2. The highest BCUT2D eigenvalue weighted by Crippen LogP contribution is 2.15. The molecule has 0 fully saturated rings. The maximum Gasteiger partial charge on any atom is 0.306 e. The Morgan fingerprint density at radius 3 is 2.18 bits per heavy atom. The van der Waals surface area contributed by atoms with Crippen LogP contribution in [0.4, 0.5) is 0 Å². The second-order valence-electron chi connectivity index (χ2n) is 4.56. The lowest BCUT2D eigenvalue weighted by Crippen LogP contribution is -2.05. The average Bonchev–Trinajstić information content (AvgIpc) is 2.45. The highest BCUT2D eigenvalue weighted by Gasteiger charge is 2.04. The van der Waals surface area contributed by atoms with Crippen molar-refractivity contribution in [2.75, 3.05) is 6.26 Å². The second-order valence-corrected chi connectivity index (χ2v) is 6.57. The van der Waals surface area contributed by atoms with E-state index in [-0.39, 0.29) is 11.5 Å². The van der Waals surface area contributed by atoms with Gasteiger partial charge in [0.05, 0.1) is 6.26 Å². The lowest BCUT2D eigenvalue weighted by Gasteiger charge is -2.02. The molecule has 0 saturated heterocycles. The molecule has 2 aromatic carbocycles. The van der Waals surface area contributed by atoms with Crippen LogP contribution in [0.5, 0.6) is 5.75 Å². The minimum atomic E-state index is -3.54. The Balaban J connectivity index is 2.07. The number of carbonyl (C=O) groups excluding carboxylic acids is 1. The summed E-state index contributed by atoms with van der Waals surface area (Å²) in [6, 6.07) is 13.0. The number of hydrogen-bond donors (Lipinski definition) is 0. The van der Waals surface area contributed by atoms with Crippen molar-refractivity contribution in [2.45, 2.75) is 0 Å². The average molecular weight is 337 g/mol. The fraction of sp³-hybridized carbons (Fsp3) is 0.0625. The normalized spacial score (nSPS) is 11.5. The Morgan fingerprint density at radius 2 is 1.64 bits per heavy atom. The minimum Gasteiger partial charge on any atom is -0.383 e. The molecule has 22 heavy (non-hydrogen) atoms. The number of ketones is 1. The standard InChI is InChI=1S/C16H13ClO4S/c1-22(19,20)21-15-9-2-12(3-10-15)4-11-16(18)13-5-7-14(17)8-6-13/h2-11H,1H3/b11-4+. The van der Waals surface area contributed by atoms with Crippen molar-refractivity contribution in [2.24, 2.45) is 0 Å². The SMILES string of the molecule is CS(=O)(=O)Oc1ccc(/C=C/C(=O)c2ccc(Cl)cc2)cc1. The van der Waals surface area contributed by atoms with Crippen molar-refractivity contribution in [3.8, 4) is 5.75 Å². The highest BCUT2D eigenvalue weighted by atomic mass is 35.5. The molecule has 2 aromatic rings. The molecule has 0 aliphatic carbocycles. The monoisotopic (exact) mass is 336 g/mol. The third kappa shape index (κ3) is 5.02. The van der Waals surface area contributed by atoms with Crippen LogP contribution in [0.1, 0.15) is 15.9 Å². The van der Waals surface area contributed by atoms with E-state index in [1.807, 2.05) is 0 Å². The van der Waals surface area contributed by atoms with Gasteiger partial charge < -0.3 is 4.18 Å². The molecule has 0 atom stereocenters. The van der Waals surface area contributed by atoms with Crippen LogP contribution in [0, 0.1) is 0 Å². The van der Waals surface area contributed by atoms with Crippen LogP contribution in [0.25, 0.3) is 6.08 Å². The van der Waals surface area contributed by atoms with Gasteiger partial charge in [0.15, 0.2) is 5.78 Å². The molecule has 0 aromatic heterocycles. The first-order chi connectivity index (χ1) is 10.3. The topological polar surface area (TPSA) is 60.4 Å². The van der Waals surface area contributed by atoms with Crippen molar-refractivity contribution >= 4 is 33.6 Å². The maximum absolute atomic E-state index is 11.9. The molecular formula is C16H13ClO4S. The maximum atomic E-state index is 11.9. The van der Waals surface area contributed by atoms with Gasteiger partial charge in [-0.25, -0.2) is 0 Å². The summed E-state index contributed by atoms with van der Waals surface area (Å²) in [4.78, 5) is 11.9. The van der Waals surface area contributed by atoms with Crippen LogP contribution in [-0.2, 0) is 10.1 Å². The summed E-state index contributed by atoms with van der Waals surface area (Å²) in [6.07, 6.45) is 4.06. The van der Waals surface area contributed by atoms with E-state index in [1.54, 1.807) is 42.5 Å². The van der Waals surface area contributed by atoms with Crippen molar-refractivity contribution < 1.29 is 17.4 Å². The van der Waals surface area contributed by atoms with Gasteiger partial charge in [0, 0.05) is 10.6 Å². The highest BCUT2D eigenvalue weighted by molar-refractivity contribution is 7.86. The molecule has 0 aliphatic heterocycles. The molecule has 4 nitrogen and oxygen atoms in total. The molecule has 6 heteroatoms. The molecule has 0 unspecified atom stereocenters. The number of hydrogen-bond acceptors (Lipinski definition) is 4. The molecule has 0 radical (unpaired) electrons. The summed E-state index contributed by atoms with van der Waals surface area (Å²) in [6.45, 7) is 0. The molecule has 0 N–H and O–H groups in total. The largest absolute Gasteiger partial charge is 0.383 e. The fourth-order valence-electron chi connectivity index (χ4n) is 1.69. The Bertz CT molecular complexity index is 791. The predicted molar refractivity (Wildman–Crippen MR) is 86.7 cm³/mol. The van der Waals surface area contributed by atoms with Gasteiger partial charge in [0.25, 0.3) is 0 Å². The van der Waals surface area contributed by atoms with E-state index < -0.39 is 10.1 Å². The van der Waals surface area contributed by atoms with E-state index in [0.29, 0.717) is 10.6 Å². The van der Waals surface area contributed by atoms with Crippen molar-refractivity contribution in [3.63, 3.8) is 0 Å². The zero-order valence-corrected chi connectivity index (χ0v) is 13.3. The third-order valence-electron chi connectivity index (χ3n) is 2.68. The summed E-state index contributed by atoms with van der Waals surface area (Å²) < 4.78 is 26.7. The lowest BCUT2D eigenvalue weighted by atomic mass is 10.1. The zero-order valence-electron chi connectivity index (χ0n) is 11.7. The summed E-state index contributed by atoms with van der Waals surface area (Å²) in [5, 5.41) is 0.571. The molecule has 2 rings (SSSR count). The van der Waals surface area contributed by atoms with Crippen LogP contribution in [0.15, 0.2) is 54.6 Å². The lowest BCUT2D eigenvalue weighted by molar-refractivity contribution is 0.104. The van der Waals surface area contributed by atoms with E-state index in [1.165, 1.54) is 18.2 Å². The van der Waals surface area contributed by atoms with Crippen LogP contribution in [-0.4, -0.2) is 20.5 Å². The van der Waals surface area contributed by atoms with Gasteiger partial charge >= 0.3 is 10.1 Å². The molecule has 0 aliphatic rings. The third-order valence-corrected chi connectivity index (χ3v) is 3.43. The van der Waals surface area contributed by atoms with Crippen molar-refractivity contribution in [1.29, 1.82) is 0 Å². The predicted octanol–water partition coefficient (Wildman–Crippen LogP) is 3.57. The quantitative estimate of drug-likeness (QED) is 0.475. The number of rotatable bonds is 5. The van der Waals surface area contributed by atoms with Crippen LogP contribution in [0.3, 0.4) is 0 Å². The van der Waals surface area contributed by atoms with Gasteiger partial charge in [0.2, 0.25) is 0 Å². The van der Waals surface area contributed by atoms with Gasteiger partial charge in [-0.2, -0.15) is 8.42 Å². The molecule has 0 spiro atoms. The number of allylic oxidation sites excluding steroid dienone is 1. The first-order valence-corrected chi connectivity index (χ1v) is 8.50. The first kappa shape index (κ1) is 16.3. The molecule has 0 amide bonds. The van der Waals surface area contributed by atoms with E-state index in [4.69, 9.17) is 15.8 Å². The second kappa shape index (κ2) is 6.77. The molecule has 0 saturated carbocycles. The van der Waals surface area contributed by atoms with Crippen LogP contribution >= 0.6 is 11.6 Å². The van der Waals surface area contributed by atoms with Gasteiger partial charge in [-0.05, 0) is 48.0 Å².